The number of oxime groups is 2. The van der Waals surface area contributed by atoms with E-state index in [-0.39, 0.29) is 60.9 Å². The maximum atomic E-state index is 15.1. The minimum atomic E-state index is -0.915. The first-order valence-corrected chi connectivity index (χ1v) is 15.8. The van der Waals surface area contributed by atoms with Gasteiger partial charge in [-0.05, 0) is 29.4 Å². The summed E-state index contributed by atoms with van der Waals surface area (Å²) in [7, 11) is 3.05. The van der Waals surface area contributed by atoms with Gasteiger partial charge in [-0.3, -0.25) is 0 Å². The Morgan fingerprint density at radius 1 is 1.06 bits per heavy atom. The lowest BCUT2D eigenvalue weighted by Gasteiger charge is -2.34. The topological polar surface area (TPSA) is 181 Å². The molecule has 0 bridgehead atoms. The SMILES string of the molecule is CN1COCN(Cc2cnc(Cl)s2)/C1=N/[N+](=O)[O-].CO/N=C(/C1=NOCCO1)c1ccccc1Oc1ncnc(Oc2ccccc2Cl)c1F. The number of thiazole rings is 1. The third kappa shape index (κ3) is 9.41. The van der Waals surface area contributed by atoms with E-state index in [0.717, 1.165) is 11.2 Å². The van der Waals surface area contributed by atoms with Gasteiger partial charge >= 0.3 is 0 Å². The number of para-hydroxylation sites is 2. The van der Waals surface area contributed by atoms with Gasteiger partial charge in [0.25, 0.3) is 23.6 Å². The Balaban J connectivity index is 0.000000228. The molecular weight excluding hydrogens is 724 g/mol. The first-order valence-electron chi connectivity index (χ1n) is 14.2. The number of aromatic nitrogens is 3. The molecule has 2 aromatic heterocycles. The molecule has 0 spiro atoms. The number of rotatable bonds is 10. The molecule has 6 rings (SSSR count). The highest BCUT2D eigenvalue weighted by molar-refractivity contribution is 7.15. The molecule has 2 aromatic carbocycles. The van der Waals surface area contributed by atoms with Crippen LogP contribution in [0.25, 0.3) is 0 Å². The van der Waals surface area contributed by atoms with E-state index >= 15 is 4.39 Å². The predicted molar refractivity (Wildman–Crippen MR) is 179 cm³/mol. The number of hydrogen-bond acceptors (Lipinski definition) is 14. The lowest BCUT2D eigenvalue weighted by Crippen LogP contribution is -2.49. The Morgan fingerprint density at radius 3 is 2.44 bits per heavy atom. The van der Waals surface area contributed by atoms with Crippen LogP contribution in [-0.2, 0) is 25.7 Å². The van der Waals surface area contributed by atoms with Crippen LogP contribution < -0.4 is 9.47 Å². The second-order valence-corrected chi connectivity index (χ2v) is 11.8. The molecule has 4 heterocycles. The molecule has 0 atom stereocenters. The number of guanidine groups is 1. The van der Waals surface area contributed by atoms with Crippen molar-refractivity contribution in [1.82, 2.24) is 24.8 Å². The van der Waals surface area contributed by atoms with E-state index in [4.69, 9.17) is 51.8 Å². The highest BCUT2D eigenvalue weighted by Gasteiger charge is 2.26. The largest absolute Gasteiger partial charge is 0.470 e. The second kappa shape index (κ2) is 17.3. The van der Waals surface area contributed by atoms with E-state index in [2.05, 4.69) is 30.4 Å². The van der Waals surface area contributed by atoms with Crippen LogP contribution in [0.4, 0.5) is 4.39 Å². The average molecular weight is 751 g/mol. The van der Waals surface area contributed by atoms with Crippen molar-refractivity contribution in [1.29, 1.82) is 0 Å². The van der Waals surface area contributed by atoms with Crippen molar-refractivity contribution in [3.05, 3.63) is 96.9 Å². The highest BCUT2D eigenvalue weighted by atomic mass is 35.5. The Bertz CT molecular complexity index is 1900. The minimum absolute atomic E-state index is 0.0973. The molecule has 0 aliphatic carbocycles. The van der Waals surface area contributed by atoms with Crippen LogP contribution in [0.2, 0.25) is 9.49 Å². The fourth-order valence-corrected chi connectivity index (χ4v) is 5.37. The number of ether oxygens (including phenoxy) is 4. The summed E-state index contributed by atoms with van der Waals surface area (Å²) in [5.74, 6) is -0.826. The number of hydrogen-bond donors (Lipinski definition) is 0. The van der Waals surface area contributed by atoms with E-state index < -0.39 is 10.8 Å². The summed E-state index contributed by atoms with van der Waals surface area (Å²) in [6.07, 6.45) is 2.74. The highest BCUT2D eigenvalue weighted by Crippen LogP contribution is 2.34. The molecule has 0 N–H and O–H groups in total. The first kappa shape index (κ1) is 35.9. The summed E-state index contributed by atoms with van der Waals surface area (Å²) < 4.78 is 37.5. The molecule has 17 nitrogen and oxygen atoms in total. The van der Waals surface area contributed by atoms with Gasteiger partial charge < -0.3 is 38.4 Å². The Hall–Kier alpha value is -5.37. The van der Waals surface area contributed by atoms with Gasteiger partial charge in [-0.2, -0.15) is 14.4 Å². The fraction of sp³-hybridized carbons (Fsp3) is 0.241. The summed E-state index contributed by atoms with van der Waals surface area (Å²) >= 11 is 13.1. The van der Waals surface area contributed by atoms with Crippen molar-refractivity contribution in [2.24, 2.45) is 15.4 Å². The van der Waals surface area contributed by atoms with Crippen molar-refractivity contribution in [2.45, 2.75) is 6.54 Å². The second-order valence-electron chi connectivity index (χ2n) is 9.70. The molecule has 0 amide bonds. The van der Waals surface area contributed by atoms with Gasteiger partial charge in [0.1, 0.15) is 50.1 Å². The standard InChI is InChI=1S/C21H16ClFN4O5.C8H10ClN5O3S/c1-28-26-18(21-27-30-11-10-29-21)13-6-2-4-8-15(13)31-19-17(23)20(25-12-24-19)32-16-9-5-3-7-14(16)22;1-12-4-17-5-13(8(12)11-14(15)16)3-6-2-10-7(9)18-6/h2-9,12H,10-11H2,1H3;2H,3-5H2,1H3/b26-18+;11-8+. The summed E-state index contributed by atoms with van der Waals surface area (Å²) in [5.41, 5.74) is 0.606. The number of nitrogens with zero attached hydrogens (tertiary/aromatic N) is 9. The van der Waals surface area contributed by atoms with E-state index in [9.17, 15) is 10.1 Å². The van der Waals surface area contributed by atoms with Gasteiger partial charge in [0.05, 0.1) is 17.1 Å². The van der Waals surface area contributed by atoms with Crippen LogP contribution in [0.15, 0.2) is 76.5 Å². The van der Waals surface area contributed by atoms with Crippen molar-refractivity contribution in [3.8, 4) is 23.3 Å². The van der Waals surface area contributed by atoms with Gasteiger partial charge in [0, 0.05) is 18.1 Å². The lowest BCUT2D eigenvalue weighted by molar-refractivity contribution is -0.486. The van der Waals surface area contributed by atoms with Crippen LogP contribution in [0.3, 0.4) is 0 Å². The van der Waals surface area contributed by atoms with Gasteiger partial charge in [-0.1, -0.05) is 52.6 Å². The van der Waals surface area contributed by atoms with E-state index in [0.29, 0.717) is 28.2 Å². The maximum absolute atomic E-state index is 15.1. The van der Waals surface area contributed by atoms with Crippen LogP contribution in [0, 0.1) is 15.9 Å². The zero-order valence-corrected chi connectivity index (χ0v) is 28.5. The smallest absolute Gasteiger partial charge is 0.280 e. The molecule has 0 unspecified atom stereocenters. The molecule has 2 aliphatic rings. The summed E-state index contributed by atoms with van der Waals surface area (Å²) in [5, 5.41) is 21.3. The van der Waals surface area contributed by atoms with E-state index in [1.54, 1.807) is 71.6 Å². The van der Waals surface area contributed by atoms with E-state index in [1.807, 2.05) is 0 Å². The minimum Gasteiger partial charge on any atom is -0.470 e. The van der Waals surface area contributed by atoms with Crippen molar-refractivity contribution in [3.63, 3.8) is 0 Å². The monoisotopic (exact) mass is 749 g/mol. The number of benzene rings is 2. The van der Waals surface area contributed by atoms with Crippen LogP contribution in [0.1, 0.15) is 10.4 Å². The van der Waals surface area contributed by atoms with Crippen molar-refractivity contribution < 1.29 is 38.0 Å². The molecular formula is C29H26Cl2FN9O8S. The van der Waals surface area contributed by atoms with E-state index in [1.165, 1.54) is 18.4 Å². The molecule has 0 saturated carbocycles. The first-order chi connectivity index (χ1) is 24.2. The third-order valence-electron chi connectivity index (χ3n) is 6.26. The third-order valence-corrected chi connectivity index (χ3v) is 7.67. The summed E-state index contributed by atoms with van der Waals surface area (Å²) in [6.45, 7) is 1.52. The number of hydrazone groups is 1. The Labute approximate surface area is 297 Å². The van der Waals surface area contributed by atoms with Crippen molar-refractivity contribution >= 4 is 52.1 Å². The van der Waals surface area contributed by atoms with Gasteiger partial charge in [0.2, 0.25) is 5.82 Å². The zero-order valence-electron chi connectivity index (χ0n) is 26.1. The molecule has 21 heteroatoms. The van der Waals surface area contributed by atoms with Gasteiger partial charge in [-0.25, -0.2) is 15.1 Å². The van der Waals surface area contributed by atoms with Crippen LogP contribution in [0.5, 0.6) is 23.3 Å². The van der Waals surface area contributed by atoms with Gasteiger partial charge in [0.15, 0.2) is 21.8 Å². The molecule has 2 aliphatic heterocycles. The number of halogens is 3. The number of nitro groups is 1. The Kier molecular flexibility index (Phi) is 12.5. The quantitative estimate of drug-likeness (QED) is 0.111. The van der Waals surface area contributed by atoms with Crippen molar-refractivity contribution in [2.75, 3.05) is 40.8 Å². The van der Waals surface area contributed by atoms with Gasteiger partial charge in [-0.15, -0.1) is 11.3 Å². The lowest BCUT2D eigenvalue weighted by atomic mass is 10.1. The summed E-state index contributed by atoms with van der Waals surface area (Å²) in [4.78, 5) is 36.2. The molecule has 262 valence electrons. The molecule has 1 saturated heterocycles. The van der Waals surface area contributed by atoms with Crippen LogP contribution in [-0.4, -0.2) is 88.2 Å². The predicted octanol–water partition coefficient (Wildman–Crippen LogP) is 5.59. The fourth-order valence-electron chi connectivity index (χ4n) is 4.20. The molecule has 4 aromatic rings. The molecule has 0 radical (unpaired) electrons. The molecule has 1 fully saturated rings. The van der Waals surface area contributed by atoms with Crippen LogP contribution >= 0.6 is 34.5 Å². The molecule has 50 heavy (non-hydrogen) atoms. The summed E-state index contributed by atoms with van der Waals surface area (Å²) in [6, 6.07) is 13.3. The zero-order chi connectivity index (χ0) is 35.5. The normalized spacial score (nSPS) is 15.3. The average Bonchev–Trinajstić information content (AvgIpc) is 3.53. The maximum Gasteiger partial charge on any atom is 0.280 e. The Morgan fingerprint density at radius 2 is 1.78 bits per heavy atom.